The highest BCUT2D eigenvalue weighted by Gasteiger charge is 2.67. The van der Waals surface area contributed by atoms with Gasteiger partial charge in [-0.05, 0) is 72.1 Å². The number of hydrogen-bond donors (Lipinski definition) is 1. The highest BCUT2D eigenvalue weighted by Crippen LogP contribution is 2.61. The highest BCUT2D eigenvalue weighted by molar-refractivity contribution is 6.72. The second-order valence-electron chi connectivity index (χ2n) is 15.3. The number of rotatable bonds is 11. The predicted octanol–water partition coefficient (Wildman–Crippen LogP) is 7.87. The van der Waals surface area contributed by atoms with Crippen LogP contribution in [0.1, 0.15) is 40.4 Å². The van der Waals surface area contributed by atoms with Crippen molar-refractivity contribution in [3.05, 3.63) is 131 Å². The molecule has 0 unspecified atom stereocenters. The van der Waals surface area contributed by atoms with Crippen LogP contribution in [0.3, 0.4) is 0 Å². The van der Waals surface area contributed by atoms with E-state index in [9.17, 15) is 14.7 Å². The molecule has 3 aliphatic rings. The first-order valence-corrected chi connectivity index (χ1v) is 21.7. The lowest BCUT2D eigenvalue weighted by Gasteiger charge is -2.31. The lowest BCUT2D eigenvalue weighted by Crippen LogP contribution is -2.45. The van der Waals surface area contributed by atoms with Crippen molar-refractivity contribution >= 4 is 54.0 Å². The van der Waals surface area contributed by atoms with Crippen molar-refractivity contribution in [3.63, 3.8) is 0 Å². The average Bonchev–Trinajstić information content (AvgIpc) is 3.73. The van der Waals surface area contributed by atoms with E-state index >= 15 is 8.90 Å². The molecule has 11 heteroatoms. The molecule has 5 aromatic carbocycles. The summed E-state index contributed by atoms with van der Waals surface area (Å²) in [6.07, 6.45) is -1.01. The Morgan fingerprint density at radius 2 is 1.65 bits per heavy atom. The van der Waals surface area contributed by atoms with Gasteiger partial charge in [-0.15, -0.1) is 0 Å². The fraction of sp³-hybridized carbons (Fsp3) is 0.295. The smallest absolute Gasteiger partial charge is 0.264 e. The van der Waals surface area contributed by atoms with E-state index in [0.29, 0.717) is 28.3 Å². The number of fused-ring (bicyclic) bond motifs is 2. The van der Waals surface area contributed by atoms with E-state index in [2.05, 4.69) is 0 Å². The molecule has 0 bridgehead atoms. The number of amides is 3. The maximum Gasteiger partial charge on any atom is 0.264 e. The molecule has 1 saturated heterocycles. The van der Waals surface area contributed by atoms with Crippen LogP contribution in [0.5, 0.6) is 5.75 Å². The fourth-order valence-corrected chi connectivity index (χ4v) is 11.6. The van der Waals surface area contributed by atoms with Gasteiger partial charge in [0.05, 0.1) is 49.7 Å². The topological polar surface area (TPSA) is 99.6 Å². The number of aliphatic hydroxyl groups excluding tert-OH is 1. The van der Waals surface area contributed by atoms with Crippen molar-refractivity contribution in [2.24, 2.45) is 5.92 Å². The number of aliphatic hydroxyl groups is 1. The molecule has 282 valence electrons. The van der Waals surface area contributed by atoms with Gasteiger partial charge >= 0.3 is 0 Å². The number of nitrogens with zero attached hydrogens (tertiary/aromatic N) is 3. The van der Waals surface area contributed by atoms with Gasteiger partial charge in [0.25, 0.3) is 11.8 Å². The SMILES string of the molecule is COc1ccc2c(c1)[C@@]1(O[C@H](CC(=O)N(CCO)Cc3ccccc3)[C@@H]([Si](C)(C)F)[C@@H]1C)C(=O)N2Cc1ccc(N2C(=O)c3cccc4cccc2c34)cc1. The summed E-state index contributed by atoms with van der Waals surface area (Å²) in [5.41, 5.74) is 2.93. The van der Waals surface area contributed by atoms with Crippen molar-refractivity contribution in [1.29, 1.82) is 0 Å². The second-order valence-corrected chi connectivity index (χ2v) is 19.1. The van der Waals surface area contributed by atoms with E-state index in [-0.39, 0.29) is 50.4 Å². The lowest BCUT2D eigenvalue weighted by atomic mass is 9.82. The first kappa shape index (κ1) is 36.6. The van der Waals surface area contributed by atoms with Gasteiger partial charge in [0.2, 0.25) is 14.3 Å². The highest BCUT2D eigenvalue weighted by atomic mass is 28.4. The number of benzene rings is 5. The maximum atomic E-state index is 16.5. The third-order valence-corrected chi connectivity index (χ3v) is 14.0. The van der Waals surface area contributed by atoms with Gasteiger partial charge in [-0.25, -0.2) is 0 Å². The molecule has 0 aromatic heterocycles. The second kappa shape index (κ2) is 14.0. The Kier molecular flexibility index (Phi) is 9.35. The molecule has 0 saturated carbocycles. The van der Waals surface area contributed by atoms with Crippen LogP contribution < -0.4 is 14.5 Å². The summed E-state index contributed by atoms with van der Waals surface area (Å²) in [5, 5.41) is 11.8. The van der Waals surface area contributed by atoms with Crippen molar-refractivity contribution in [1.82, 2.24) is 4.90 Å². The number of hydrogen-bond acceptors (Lipinski definition) is 6. The zero-order valence-corrected chi connectivity index (χ0v) is 32.4. The Bertz CT molecular complexity index is 2290. The monoisotopic (exact) mass is 757 g/mol. The Hall–Kier alpha value is -5.36. The molecule has 3 amide bonds. The molecule has 8 rings (SSSR count). The molecule has 4 atom stereocenters. The molecule has 3 aliphatic heterocycles. The van der Waals surface area contributed by atoms with Crippen LogP contribution in [0, 0.1) is 5.92 Å². The Morgan fingerprint density at radius 3 is 2.35 bits per heavy atom. The van der Waals surface area contributed by atoms with E-state index in [0.717, 1.165) is 27.6 Å². The summed E-state index contributed by atoms with van der Waals surface area (Å²) in [6, 6.07) is 34.2. The van der Waals surface area contributed by atoms with Crippen molar-refractivity contribution in [2.45, 2.75) is 56.8 Å². The first-order chi connectivity index (χ1) is 26.5. The van der Waals surface area contributed by atoms with E-state index in [1.807, 2.05) is 104 Å². The Labute approximate surface area is 321 Å². The fourth-order valence-electron chi connectivity index (χ4n) is 9.13. The largest absolute Gasteiger partial charge is 0.497 e. The molecular weight excluding hydrogens is 714 g/mol. The quantitative estimate of drug-likeness (QED) is 0.109. The average molecular weight is 758 g/mol. The molecule has 55 heavy (non-hydrogen) atoms. The Balaban J connectivity index is 1.10. The molecule has 1 spiro atoms. The van der Waals surface area contributed by atoms with Gasteiger partial charge < -0.3 is 28.5 Å². The molecule has 9 nitrogen and oxygen atoms in total. The minimum atomic E-state index is -3.55. The summed E-state index contributed by atoms with van der Waals surface area (Å²) in [5.74, 6) is -0.760. The molecular formula is C44H44FN3O6Si. The zero-order chi connectivity index (χ0) is 38.6. The summed E-state index contributed by atoms with van der Waals surface area (Å²) in [6.45, 7) is 5.46. The van der Waals surface area contributed by atoms with Crippen LogP contribution in [0.15, 0.2) is 109 Å². The third-order valence-electron chi connectivity index (χ3n) is 11.6. The number of halogens is 1. The maximum absolute atomic E-state index is 16.5. The standard InChI is InChI=1S/C44H44FN3O6Si/c1-28-41(55(3,4)45)38(25-39(50)46(22-23-49)26-29-10-6-5-7-11-29)54-44(28)35-24-33(53-2)20-21-36(35)47(43(44)52)27-30-16-18-32(19-17-30)48-37-15-9-13-31-12-8-14-34(40(31)37)42(48)51/h5-21,24,28,38,41,49H,22-23,25-27H2,1-4H3/t28-,38+,41-,44+/m0/s1. The summed E-state index contributed by atoms with van der Waals surface area (Å²) >= 11 is 0. The minimum Gasteiger partial charge on any atom is -0.497 e. The van der Waals surface area contributed by atoms with Gasteiger partial charge in [0.1, 0.15) is 5.75 Å². The van der Waals surface area contributed by atoms with E-state index in [1.165, 1.54) is 0 Å². The predicted molar refractivity (Wildman–Crippen MR) is 213 cm³/mol. The van der Waals surface area contributed by atoms with Crippen molar-refractivity contribution in [2.75, 3.05) is 30.1 Å². The molecule has 0 radical (unpaired) electrons. The van der Waals surface area contributed by atoms with Crippen LogP contribution in [0.2, 0.25) is 18.6 Å². The molecule has 3 heterocycles. The van der Waals surface area contributed by atoms with Gasteiger partial charge in [-0.1, -0.05) is 73.7 Å². The lowest BCUT2D eigenvalue weighted by molar-refractivity contribution is -0.150. The number of anilines is 3. The summed E-state index contributed by atoms with van der Waals surface area (Å²) in [4.78, 5) is 47.5. The number of carbonyl (C=O) groups is 3. The normalized spacial score (nSPS) is 21.5. The number of carbonyl (C=O) groups excluding carboxylic acids is 3. The van der Waals surface area contributed by atoms with Crippen LogP contribution in [-0.2, 0) is 33.0 Å². The van der Waals surface area contributed by atoms with Gasteiger partial charge in [0, 0.05) is 41.2 Å². The van der Waals surface area contributed by atoms with Crippen LogP contribution in [0.4, 0.5) is 21.2 Å². The van der Waals surface area contributed by atoms with Gasteiger partial charge in [0.15, 0.2) is 5.60 Å². The number of methoxy groups -OCH3 is 1. The Morgan fingerprint density at radius 1 is 0.927 bits per heavy atom. The number of ether oxygens (including phenoxy) is 2. The van der Waals surface area contributed by atoms with Crippen molar-refractivity contribution < 1.29 is 33.1 Å². The molecule has 0 aliphatic carbocycles. The van der Waals surface area contributed by atoms with Crippen molar-refractivity contribution in [3.8, 4) is 5.75 Å². The third kappa shape index (κ3) is 6.10. The van der Waals surface area contributed by atoms with Crippen LogP contribution >= 0.6 is 0 Å². The van der Waals surface area contributed by atoms with E-state index in [4.69, 9.17) is 9.47 Å². The molecule has 5 aromatic rings. The first-order valence-electron chi connectivity index (χ1n) is 18.7. The molecule has 1 fully saturated rings. The van der Waals surface area contributed by atoms with Crippen LogP contribution in [0.25, 0.3) is 10.8 Å². The van der Waals surface area contributed by atoms with Gasteiger partial charge in [-0.2, -0.15) is 0 Å². The van der Waals surface area contributed by atoms with E-state index in [1.54, 1.807) is 47.0 Å². The minimum absolute atomic E-state index is 0.0899. The summed E-state index contributed by atoms with van der Waals surface area (Å²) in [7, 11) is -2.00. The van der Waals surface area contributed by atoms with E-state index < -0.39 is 31.6 Å². The zero-order valence-electron chi connectivity index (χ0n) is 31.4. The van der Waals surface area contributed by atoms with Gasteiger partial charge in [-0.3, -0.25) is 19.3 Å². The molecule has 1 N–H and O–H groups in total. The summed E-state index contributed by atoms with van der Waals surface area (Å²) < 4.78 is 29.0. The van der Waals surface area contributed by atoms with Crippen LogP contribution in [-0.4, -0.2) is 62.5 Å².